The molecule has 5 nitrogen and oxygen atoms in total. The number of para-hydroxylation sites is 4. The summed E-state index contributed by atoms with van der Waals surface area (Å²) in [7, 11) is 0. The van der Waals surface area contributed by atoms with E-state index in [0.717, 1.165) is 9.13 Å². The van der Waals surface area contributed by atoms with E-state index in [-0.39, 0.29) is 20.2 Å². The second-order valence-electron chi connectivity index (χ2n) is 12.1. The number of benzene rings is 8. The van der Waals surface area contributed by atoms with Crippen molar-refractivity contribution in [2.75, 3.05) is 0 Å². The van der Waals surface area contributed by atoms with Crippen molar-refractivity contribution in [1.29, 1.82) is 0 Å². The first kappa shape index (κ1) is 14.0. The summed E-state index contributed by atoms with van der Waals surface area (Å²) in [6.07, 6.45) is 0. The van der Waals surface area contributed by atoms with Gasteiger partial charge >= 0.3 is 0 Å². The number of thiophene rings is 1. The van der Waals surface area contributed by atoms with Gasteiger partial charge in [0.25, 0.3) is 0 Å². The number of nitrogens with zero attached hydrogens (tertiary/aromatic N) is 5. The zero-order valence-electron chi connectivity index (χ0n) is 59.1. The third-order valence-corrected chi connectivity index (χ3v) is 9.95. The molecule has 8 aromatic carbocycles. The second kappa shape index (κ2) is 12.6. The van der Waals surface area contributed by atoms with Gasteiger partial charge < -0.3 is 4.57 Å². The first-order chi connectivity index (χ1) is 41.2. The number of hydrogen-bond acceptors (Lipinski definition) is 4. The zero-order chi connectivity index (χ0) is 64.4. The number of aromatic nitrogens is 5. The van der Waals surface area contributed by atoms with Gasteiger partial charge in [-0.05, 0) is 71.6 Å². The van der Waals surface area contributed by atoms with E-state index in [1.807, 2.05) is 0 Å². The van der Waals surface area contributed by atoms with Gasteiger partial charge in [-0.15, -0.1) is 11.3 Å². The SMILES string of the molecule is [2H]c1c([2H])c(-c2c([2H])c([2H])c(-c3nc(-c4c([2H])c([2H])c5sc6c([2H])c([2H])c([2H])c([2H])c6c5c4[2H])nc(-n4c5c([2H])c([2H])c([2H])c([2H])c5c5c([2H])c([2H])c([2H])c([2H])c54)n3)c([2H])c2[2H])c([2H])c(-n2c3c([2H])c([2H])c([2H])c([2H])c3c3c([2H])c([2H])c([2H])c([2H])c32)c1[2H]. The van der Waals surface area contributed by atoms with Crippen LogP contribution in [-0.2, 0) is 0 Å². The molecule has 12 rings (SSSR count). The van der Waals surface area contributed by atoms with Crippen molar-refractivity contribution >= 4 is 75.1 Å². The molecule has 0 fully saturated rings. The molecule has 6 heteroatoms. The number of rotatable bonds is 5. The highest BCUT2D eigenvalue weighted by Gasteiger charge is 2.19. The van der Waals surface area contributed by atoms with E-state index >= 15 is 0 Å². The third kappa shape index (κ3) is 5.04. The molecule has 0 saturated heterocycles. The van der Waals surface area contributed by atoms with E-state index < -0.39 is 276 Å². The summed E-state index contributed by atoms with van der Waals surface area (Å²) >= 11 is 0.673. The second-order valence-corrected chi connectivity index (χ2v) is 13.1. The van der Waals surface area contributed by atoms with Crippen molar-refractivity contribution < 1.29 is 42.5 Å². The van der Waals surface area contributed by atoms with Crippen LogP contribution >= 0.6 is 11.3 Å². The summed E-state index contributed by atoms with van der Waals surface area (Å²) in [5.74, 6) is -2.70. The van der Waals surface area contributed by atoms with E-state index in [1.165, 1.54) is 0 Å². The molecule has 57 heavy (non-hydrogen) atoms. The molecule has 266 valence electrons. The molecule has 0 aliphatic heterocycles. The van der Waals surface area contributed by atoms with Crippen LogP contribution in [0.15, 0.2) is 187 Å². The first-order valence-electron chi connectivity index (χ1n) is 32.1. The third-order valence-electron chi connectivity index (χ3n) is 8.93. The van der Waals surface area contributed by atoms with E-state index in [4.69, 9.17) is 26.0 Å². The Morgan fingerprint density at radius 3 is 1.47 bits per heavy atom. The minimum Gasteiger partial charge on any atom is -0.309 e. The Balaban J connectivity index is 1.22. The summed E-state index contributed by atoms with van der Waals surface area (Å²) in [5, 5.41) is -2.53. The van der Waals surface area contributed by atoms with E-state index in [1.54, 1.807) is 0 Å². The molecule has 0 amide bonds. The molecule has 0 saturated carbocycles. The largest absolute Gasteiger partial charge is 0.309 e. The van der Waals surface area contributed by atoms with E-state index in [2.05, 4.69) is 15.0 Å². The fourth-order valence-electron chi connectivity index (χ4n) is 6.49. The minimum absolute atomic E-state index is 0.113. The lowest BCUT2D eigenvalue weighted by Gasteiger charge is -2.12. The number of hydrogen-bond donors (Lipinski definition) is 0. The summed E-state index contributed by atoms with van der Waals surface area (Å²) in [5.41, 5.74) is -6.75. The Morgan fingerprint density at radius 2 is 0.842 bits per heavy atom. The van der Waals surface area contributed by atoms with Crippen molar-refractivity contribution in [2.24, 2.45) is 0 Å². The van der Waals surface area contributed by atoms with Crippen LogP contribution in [0.3, 0.4) is 0 Å². The standard InChI is InChI=1S/C51H31N5S/c1-6-19-43-37(14-1)38-15-2-7-20-44(38)55(43)36-13-11-12-34(30-36)32-24-26-33(27-25-32)49-52-50(35-28-29-48-42(31-35)41-18-5-10-23-47(41)57-48)54-51(53-49)56-45-21-8-3-16-39(45)40-17-4-9-22-46(40)56/h1-31H/i1D,2D,3D,4D,5D,6D,7D,8D,9D,10D,11D,12D,13D,14D,15D,16D,17D,18D,19D,20D,21D,22D,23D,24D,25D,26D,27D,28D,29D,30D,31D. The topological polar surface area (TPSA) is 48.5 Å². The van der Waals surface area contributed by atoms with Crippen LogP contribution in [0.5, 0.6) is 0 Å². The van der Waals surface area contributed by atoms with Crippen LogP contribution in [0, 0.1) is 0 Å². The molecule has 0 atom stereocenters. The smallest absolute Gasteiger partial charge is 0.238 e. The lowest BCUT2D eigenvalue weighted by atomic mass is 10.0. The summed E-state index contributed by atoms with van der Waals surface area (Å²) in [4.78, 5) is 13.5. The van der Waals surface area contributed by atoms with Gasteiger partial charge in [-0.25, -0.2) is 4.98 Å². The van der Waals surface area contributed by atoms with Crippen LogP contribution < -0.4 is 0 Å². The summed E-state index contributed by atoms with van der Waals surface area (Å²) in [6.45, 7) is 0. The molecule has 0 aliphatic carbocycles. The van der Waals surface area contributed by atoms with Crippen molar-refractivity contribution in [3.63, 3.8) is 0 Å². The quantitative estimate of drug-likeness (QED) is 0.175. The average molecular weight is 777 g/mol. The van der Waals surface area contributed by atoms with Crippen LogP contribution in [-0.4, -0.2) is 24.1 Å². The van der Waals surface area contributed by atoms with Gasteiger partial charge in [0.1, 0.15) is 0 Å². The predicted molar refractivity (Wildman–Crippen MR) is 238 cm³/mol. The normalized spacial score (nSPS) is 19.5. The van der Waals surface area contributed by atoms with Crippen LogP contribution in [0.1, 0.15) is 42.5 Å². The number of fused-ring (bicyclic) bond motifs is 9. The Bertz CT molecular complexity index is 5180. The molecular formula is C51H31N5S. The molecule has 4 aromatic heterocycles. The van der Waals surface area contributed by atoms with Gasteiger partial charge in [0.05, 0.1) is 64.6 Å². The maximum absolute atomic E-state index is 9.71. The maximum Gasteiger partial charge on any atom is 0.238 e. The average Bonchev–Trinajstić information content (AvgIpc) is 1.55. The molecule has 0 radical (unpaired) electrons. The fourth-order valence-corrected chi connectivity index (χ4v) is 7.41. The van der Waals surface area contributed by atoms with Crippen molar-refractivity contribution in [1.82, 2.24) is 24.1 Å². The van der Waals surface area contributed by atoms with Gasteiger partial charge in [-0.1, -0.05) is 127 Å². The zero-order valence-corrected chi connectivity index (χ0v) is 29.0. The highest BCUT2D eigenvalue weighted by Crippen LogP contribution is 2.38. The molecule has 0 unspecified atom stereocenters. The summed E-state index contributed by atoms with van der Waals surface area (Å²) < 4.78 is 280. The molecule has 12 aromatic rings. The Hall–Kier alpha value is -7.41. The molecule has 4 heterocycles. The Morgan fingerprint density at radius 1 is 0.351 bits per heavy atom. The maximum atomic E-state index is 9.71. The molecular weight excluding hydrogens is 715 g/mol. The van der Waals surface area contributed by atoms with E-state index in [9.17, 15) is 16.4 Å². The van der Waals surface area contributed by atoms with Crippen molar-refractivity contribution in [3.8, 4) is 45.5 Å². The molecule has 0 N–H and O–H groups in total. The minimum atomic E-state index is -1.15. The van der Waals surface area contributed by atoms with Gasteiger partial charge in [0, 0.05) is 58.5 Å². The monoisotopic (exact) mass is 776 g/mol. The van der Waals surface area contributed by atoms with Gasteiger partial charge in [-0.3, -0.25) is 4.57 Å². The van der Waals surface area contributed by atoms with Gasteiger partial charge in [-0.2, -0.15) is 9.97 Å². The van der Waals surface area contributed by atoms with Crippen LogP contribution in [0.4, 0.5) is 0 Å². The molecule has 0 spiro atoms. The van der Waals surface area contributed by atoms with Gasteiger partial charge in [0.15, 0.2) is 11.6 Å². The lowest BCUT2D eigenvalue weighted by molar-refractivity contribution is 0.954. The first-order valence-corrected chi connectivity index (χ1v) is 17.4. The van der Waals surface area contributed by atoms with Gasteiger partial charge in [0.2, 0.25) is 5.95 Å². The van der Waals surface area contributed by atoms with Crippen molar-refractivity contribution in [2.45, 2.75) is 0 Å². The highest BCUT2D eigenvalue weighted by molar-refractivity contribution is 7.25. The highest BCUT2D eigenvalue weighted by atomic mass is 32.1. The van der Waals surface area contributed by atoms with Crippen molar-refractivity contribution in [3.05, 3.63) is 187 Å². The summed E-state index contributed by atoms with van der Waals surface area (Å²) in [6, 6.07) is -27.3. The Kier molecular flexibility index (Phi) is 3.08. The fraction of sp³-hybridized carbons (Fsp3) is 0. The van der Waals surface area contributed by atoms with E-state index in [0.29, 0.717) is 11.3 Å². The lowest BCUT2D eigenvalue weighted by Crippen LogP contribution is -2.06. The Labute approximate surface area is 374 Å². The predicted octanol–water partition coefficient (Wildman–Crippen LogP) is 13.4. The van der Waals surface area contributed by atoms with Crippen LogP contribution in [0.2, 0.25) is 0 Å². The molecule has 0 bridgehead atoms. The molecule has 0 aliphatic rings. The van der Waals surface area contributed by atoms with Crippen LogP contribution in [0.25, 0.3) is 109 Å².